The molecule has 0 saturated heterocycles. The Bertz CT molecular complexity index is 864. The number of carbonyl (C=O) groups excluding carboxylic acids is 2. The summed E-state index contributed by atoms with van der Waals surface area (Å²) in [5.41, 5.74) is 1.66. The van der Waals surface area contributed by atoms with Gasteiger partial charge in [-0.1, -0.05) is 22.0 Å². The Balaban J connectivity index is 1.66. The van der Waals surface area contributed by atoms with Gasteiger partial charge < -0.3 is 5.32 Å². The molecule has 1 heterocycles. The lowest BCUT2D eigenvalue weighted by atomic mass is 10.1. The standard InChI is InChI=1S/C17H12BrN3O2S/c18-13-3-1-2-12(10-13)16(23)20-14-6-4-11(5-7-14)15(22)21-17-19-8-9-24-17/h1-10H,(H,20,23)(H,19,21,22). The zero-order valence-electron chi connectivity index (χ0n) is 12.3. The fraction of sp³-hybridized carbons (Fsp3) is 0. The van der Waals surface area contributed by atoms with E-state index < -0.39 is 0 Å². The third-order valence-corrected chi connectivity index (χ3v) is 4.33. The molecule has 7 heteroatoms. The molecular formula is C17H12BrN3O2S. The number of amides is 2. The van der Waals surface area contributed by atoms with Crippen molar-refractivity contribution in [1.29, 1.82) is 0 Å². The van der Waals surface area contributed by atoms with E-state index in [0.717, 1.165) is 4.47 Å². The summed E-state index contributed by atoms with van der Waals surface area (Å²) in [6.45, 7) is 0. The van der Waals surface area contributed by atoms with Gasteiger partial charge in [0.25, 0.3) is 11.8 Å². The lowest BCUT2D eigenvalue weighted by Gasteiger charge is -2.07. The van der Waals surface area contributed by atoms with Crippen molar-refractivity contribution >= 4 is 49.9 Å². The maximum atomic E-state index is 12.2. The lowest BCUT2D eigenvalue weighted by Crippen LogP contribution is -2.13. The van der Waals surface area contributed by atoms with Gasteiger partial charge >= 0.3 is 0 Å². The van der Waals surface area contributed by atoms with Crippen LogP contribution in [0.15, 0.2) is 64.6 Å². The van der Waals surface area contributed by atoms with Crippen LogP contribution in [-0.2, 0) is 0 Å². The number of nitrogens with zero attached hydrogens (tertiary/aromatic N) is 1. The summed E-state index contributed by atoms with van der Waals surface area (Å²) in [6.07, 6.45) is 1.63. The highest BCUT2D eigenvalue weighted by Crippen LogP contribution is 2.16. The molecule has 120 valence electrons. The van der Waals surface area contributed by atoms with Crippen molar-refractivity contribution in [2.24, 2.45) is 0 Å². The van der Waals surface area contributed by atoms with E-state index in [2.05, 4.69) is 31.5 Å². The van der Waals surface area contributed by atoms with Crippen molar-refractivity contribution in [3.8, 4) is 0 Å². The van der Waals surface area contributed by atoms with Crippen LogP contribution in [0.1, 0.15) is 20.7 Å². The van der Waals surface area contributed by atoms with Crippen LogP contribution in [0.2, 0.25) is 0 Å². The Hall–Kier alpha value is -2.51. The topological polar surface area (TPSA) is 71.1 Å². The maximum absolute atomic E-state index is 12.2. The molecule has 3 rings (SSSR count). The largest absolute Gasteiger partial charge is 0.322 e. The fourth-order valence-corrected chi connectivity index (χ4v) is 2.92. The molecule has 0 aliphatic carbocycles. The SMILES string of the molecule is O=C(Nc1ccc(C(=O)Nc2nccs2)cc1)c1cccc(Br)c1. The smallest absolute Gasteiger partial charge is 0.257 e. The zero-order chi connectivity index (χ0) is 16.9. The Morgan fingerprint density at radius 2 is 1.71 bits per heavy atom. The molecule has 24 heavy (non-hydrogen) atoms. The molecule has 0 fully saturated rings. The molecule has 0 spiro atoms. The number of aromatic nitrogens is 1. The van der Waals surface area contributed by atoms with E-state index in [1.54, 1.807) is 54.0 Å². The molecule has 0 radical (unpaired) electrons. The Morgan fingerprint density at radius 3 is 2.38 bits per heavy atom. The minimum Gasteiger partial charge on any atom is -0.322 e. The highest BCUT2D eigenvalue weighted by molar-refractivity contribution is 9.10. The van der Waals surface area contributed by atoms with Gasteiger partial charge in [0.1, 0.15) is 0 Å². The second-order valence-corrected chi connectivity index (χ2v) is 6.64. The number of nitrogens with one attached hydrogen (secondary N) is 2. The van der Waals surface area contributed by atoms with Crippen LogP contribution in [0.5, 0.6) is 0 Å². The van der Waals surface area contributed by atoms with Gasteiger partial charge in [-0.2, -0.15) is 0 Å². The molecule has 0 saturated carbocycles. The van der Waals surface area contributed by atoms with Crippen molar-refractivity contribution in [2.75, 3.05) is 10.6 Å². The lowest BCUT2D eigenvalue weighted by molar-refractivity contribution is 0.102. The van der Waals surface area contributed by atoms with E-state index in [-0.39, 0.29) is 11.8 Å². The average molecular weight is 402 g/mol. The van der Waals surface area contributed by atoms with Crippen LogP contribution in [0.3, 0.4) is 0 Å². The van der Waals surface area contributed by atoms with Crippen LogP contribution in [0.25, 0.3) is 0 Å². The summed E-state index contributed by atoms with van der Waals surface area (Å²) in [5, 5.41) is 7.84. The predicted octanol–water partition coefficient (Wildman–Crippen LogP) is 4.41. The summed E-state index contributed by atoms with van der Waals surface area (Å²) in [4.78, 5) is 28.3. The third kappa shape index (κ3) is 4.06. The molecule has 0 unspecified atom stereocenters. The minimum atomic E-state index is -0.241. The van der Waals surface area contributed by atoms with Crippen molar-refractivity contribution < 1.29 is 9.59 Å². The summed E-state index contributed by atoms with van der Waals surface area (Å²) < 4.78 is 0.837. The molecule has 0 aliphatic heterocycles. The summed E-state index contributed by atoms with van der Waals surface area (Å²) in [5.74, 6) is -0.453. The van der Waals surface area contributed by atoms with Crippen LogP contribution in [0, 0.1) is 0 Å². The number of halogens is 1. The highest BCUT2D eigenvalue weighted by Gasteiger charge is 2.09. The van der Waals surface area contributed by atoms with E-state index >= 15 is 0 Å². The first kappa shape index (κ1) is 16.4. The monoisotopic (exact) mass is 401 g/mol. The normalized spacial score (nSPS) is 10.2. The van der Waals surface area contributed by atoms with Gasteiger partial charge in [-0.05, 0) is 42.5 Å². The van der Waals surface area contributed by atoms with Crippen molar-refractivity contribution in [3.63, 3.8) is 0 Å². The van der Waals surface area contributed by atoms with Crippen LogP contribution < -0.4 is 10.6 Å². The molecule has 0 bridgehead atoms. The van der Waals surface area contributed by atoms with Crippen molar-refractivity contribution in [1.82, 2.24) is 4.98 Å². The first-order chi connectivity index (χ1) is 11.6. The van der Waals surface area contributed by atoms with Gasteiger partial charge in [-0.15, -0.1) is 11.3 Å². The number of thiazole rings is 1. The number of rotatable bonds is 4. The highest BCUT2D eigenvalue weighted by atomic mass is 79.9. The molecular weight excluding hydrogens is 390 g/mol. The molecule has 5 nitrogen and oxygen atoms in total. The van der Waals surface area contributed by atoms with E-state index in [1.165, 1.54) is 11.3 Å². The Morgan fingerprint density at radius 1 is 0.958 bits per heavy atom. The summed E-state index contributed by atoms with van der Waals surface area (Å²) >= 11 is 4.69. The Labute approximate surface area is 150 Å². The van der Waals surface area contributed by atoms with Gasteiger partial charge in [0.15, 0.2) is 5.13 Å². The first-order valence-corrected chi connectivity index (χ1v) is 8.67. The van der Waals surface area contributed by atoms with E-state index in [0.29, 0.717) is 21.9 Å². The van der Waals surface area contributed by atoms with Gasteiger partial charge in [-0.3, -0.25) is 14.9 Å². The minimum absolute atomic E-state index is 0.212. The molecule has 3 aromatic rings. The van der Waals surface area contributed by atoms with Crippen molar-refractivity contribution in [3.05, 3.63) is 75.7 Å². The third-order valence-electron chi connectivity index (χ3n) is 3.14. The van der Waals surface area contributed by atoms with Crippen LogP contribution >= 0.6 is 27.3 Å². The van der Waals surface area contributed by atoms with Gasteiger partial charge in [0, 0.05) is 32.9 Å². The number of anilines is 2. The van der Waals surface area contributed by atoms with E-state index in [4.69, 9.17) is 0 Å². The van der Waals surface area contributed by atoms with Crippen molar-refractivity contribution in [2.45, 2.75) is 0 Å². The second kappa shape index (κ2) is 7.37. The number of hydrogen-bond donors (Lipinski definition) is 2. The zero-order valence-corrected chi connectivity index (χ0v) is 14.7. The molecule has 1 aromatic heterocycles. The molecule has 2 N–H and O–H groups in total. The van der Waals surface area contributed by atoms with Crippen LogP contribution in [0.4, 0.5) is 10.8 Å². The Kier molecular flexibility index (Phi) is 5.02. The fourth-order valence-electron chi connectivity index (χ4n) is 1.99. The molecule has 0 aliphatic rings. The maximum Gasteiger partial charge on any atom is 0.257 e. The van der Waals surface area contributed by atoms with Gasteiger partial charge in [-0.25, -0.2) is 4.98 Å². The molecule has 2 amide bonds. The first-order valence-electron chi connectivity index (χ1n) is 6.99. The average Bonchev–Trinajstić information content (AvgIpc) is 3.08. The number of benzene rings is 2. The molecule has 0 atom stereocenters. The second-order valence-electron chi connectivity index (χ2n) is 4.83. The van der Waals surface area contributed by atoms with Gasteiger partial charge in [0.2, 0.25) is 0 Å². The quantitative estimate of drug-likeness (QED) is 0.679. The van der Waals surface area contributed by atoms with Crippen LogP contribution in [-0.4, -0.2) is 16.8 Å². The number of carbonyl (C=O) groups is 2. The van der Waals surface area contributed by atoms with E-state index in [1.807, 2.05) is 6.07 Å². The summed E-state index contributed by atoms with van der Waals surface area (Å²) in [6, 6.07) is 13.8. The predicted molar refractivity (Wildman–Crippen MR) is 98.6 cm³/mol. The number of hydrogen-bond acceptors (Lipinski definition) is 4. The summed E-state index contributed by atoms with van der Waals surface area (Å²) in [7, 11) is 0. The molecule has 2 aromatic carbocycles. The van der Waals surface area contributed by atoms with E-state index in [9.17, 15) is 9.59 Å². The van der Waals surface area contributed by atoms with Gasteiger partial charge in [0.05, 0.1) is 0 Å².